The molecule has 1 N–H and O–H groups in total. The van der Waals surface area contributed by atoms with Crippen molar-refractivity contribution in [3.8, 4) is 0 Å². The van der Waals surface area contributed by atoms with Gasteiger partial charge in [0.1, 0.15) is 0 Å². The van der Waals surface area contributed by atoms with Crippen LogP contribution in [-0.2, 0) is 0 Å². The monoisotopic (exact) mass is 428 g/mol. The molecule has 4 rings (SSSR count). The van der Waals surface area contributed by atoms with Gasteiger partial charge >= 0.3 is 6.18 Å². The second kappa shape index (κ2) is 8.45. The summed E-state index contributed by atoms with van der Waals surface area (Å²) in [7, 11) is 0. The van der Waals surface area contributed by atoms with Crippen molar-refractivity contribution in [2.75, 3.05) is 0 Å². The average molecular weight is 429 g/mol. The van der Waals surface area contributed by atoms with Gasteiger partial charge in [-0.3, -0.25) is 0 Å². The van der Waals surface area contributed by atoms with Crippen LogP contribution in [0.5, 0.6) is 0 Å². The van der Waals surface area contributed by atoms with Gasteiger partial charge in [0.2, 0.25) is 0 Å². The van der Waals surface area contributed by atoms with E-state index >= 15 is 0 Å². The van der Waals surface area contributed by atoms with Crippen LogP contribution < -0.4 is 0 Å². The van der Waals surface area contributed by atoms with E-state index in [0.29, 0.717) is 11.3 Å². The average Bonchev–Trinajstić information content (AvgIpc) is 3.01. The summed E-state index contributed by atoms with van der Waals surface area (Å²) >= 11 is 0. The molecule has 4 fully saturated rings. The number of hydrogen-bond acceptors (Lipinski definition) is 1. The summed E-state index contributed by atoms with van der Waals surface area (Å²) in [6, 6.07) is 0. The van der Waals surface area contributed by atoms with Gasteiger partial charge in [0.15, 0.2) is 6.10 Å². The molecule has 1 nitrogen and oxygen atoms in total. The highest BCUT2D eigenvalue weighted by Gasteiger charge is 2.60. The molecule has 4 aliphatic carbocycles. The lowest BCUT2D eigenvalue weighted by Crippen LogP contribution is -2.53. The largest absolute Gasteiger partial charge is 0.417 e. The number of aliphatic hydroxyl groups is 1. The Balaban J connectivity index is 0.00000256. The number of alkyl halides is 3. The summed E-state index contributed by atoms with van der Waals surface area (Å²) < 4.78 is 38.0. The second-order valence-electron chi connectivity index (χ2n) is 11.4. The molecule has 30 heavy (non-hydrogen) atoms. The third-order valence-electron chi connectivity index (χ3n) is 10.2. The number of halogens is 3. The Kier molecular flexibility index (Phi) is 6.80. The number of rotatable bonds is 3. The van der Waals surface area contributed by atoms with Crippen LogP contribution in [-0.4, -0.2) is 17.4 Å². The molecule has 174 valence electrons. The summed E-state index contributed by atoms with van der Waals surface area (Å²) in [5, 5.41) is 9.36. The predicted octanol–water partition coefficient (Wildman–Crippen LogP) is 7.79. The van der Waals surface area contributed by atoms with Crippen molar-refractivity contribution in [2.45, 2.75) is 105 Å². The first-order chi connectivity index (χ1) is 13.6. The van der Waals surface area contributed by atoms with E-state index in [4.69, 9.17) is 0 Å². The number of aliphatic hydroxyl groups excluding tert-OH is 1. The van der Waals surface area contributed by atoms with Gasteiger partial charge in [0, 0.05) is 0 Å². The molecule has 0 spiro atoms. The van der Waals surface area contributed by atoms with Crippen molar-refractivity contribution in [1.29, 1.82) is 0 Å². The van der Waals surface area contributed by atoms with E-state index in [2.05, 4.69) is 20.8 Å². The summed E-state index contributed by atoms with van der Waals surface area (Å²) in [6.45, 7) is 7.08. The lowest BCUT2D eigenvalue weighted by molar-refractivity contribution is -0.187. The van der Waals surface area contributed by atoms with Crippen LogP contribution in [0.2, 0.25) is 0 Å². The first kappa shape index (κ1) is 24.1. The third-order valence-corrected chi connectivity index (χ3v) is 10.2. The Bertz CT molecular complexity index is 628. The summed E-state index contributed by atoms with van der Waals surface area (Å²) in [6.07, 6.45) is 9.00. The molecule has 0 bridgehead atoms. The Morgan fingerprint density at radius 2 is 1.57 bits per heavy atom. The van der Waals surface area contributed by atoms with Crippen LogP contribution in [0.1, 0.15) is 92.4 Å². The maximum atomic E-state index is 12.7. The highest BCUT2D eigenvalue weighted by molar-refractivity contribution is 5.11. The topological polar surface area (TPSA) is 20.2 Å². The molecule has 0 amide bonds. The molecular weight excluding hydrogens is 385 g/mol. The minimum absolute atomic E-state index is 0. The fraction of sp³-hybridized carbons (Fsp3) is 0.923. The van der Waals surface area contributed by atoms with Gasteiger partial charge in [-0.1, -0.05) is 53.2 Å². The SMILES string of the molecule is C.C[C@H](/C=C/C(O)C(F)(F)F)C1CCC2C3CCC4CCCCC4(C)C3CCC21C. The summed E-state index contributed by atoms with van der Waals surface area (Å²) in [5.74, 6) is 3.84. The standard InChI is InChI=1S/C25H39F3O.CH4/c1-16(7-12-22(29)25(26,27)28)19-10-11-20-18-9-8-17-6-4-5-14-23(17,2)21(18)13-15-24(19,20)3;/h7,12,16-22,29H,4-6,8-11,13-15H2,1-3H3;1H4/b12-7+;/t16-,17?,18?,19?,20?,21?,22?,23?,24?;/m1./s1. The molecule has 0 radical (unpaired) electrons. The van der Waals surface area contributed by atoms with Gasteiger partial charge in [0.05, 0.1) is 0 Å². The number of hydrogen-bond donors (Lipinski definition) is 1. The van der Waals surface area contributed by atoms with Gasteiger partial charge in [0.25, 0.3) is 0 Å². The molecule has 0 aliphatic heterocycles. The van der Waals surface area contributed by atoms with Crippen LogP contribution in [0.25, 0.3) is 0 Å². The number of allylic oxidation sites excluding steroid dienone is 1. The molecule has 0 aromatic carbocycles. The van der Waals surface area contributed by atoms with E-state index in [1.807, 2.05) is 0 Å². The van der Waals surface area contributed by atoms with Gasteiger partial charge in [-0.25, -0.2) is 0 Å². The zero-order chi connectivity index (χ0) is 21.0. The quantitative estimate of drug-likeness (QED) is 0.455. The molecule has 0 aromatic heterocycles. The summed E-state index contributed by atoms with van der Waals surface area (Å²) in [5.41, 5.74) is 0.773. The molecule has 0 heterocycles. The van der Waals surface area contributed by atoms with E-state index in [-0.39, 0.29) is 18.8 Å². The maximum Gasteiger partial charge on any atom is 0.417 e. The predicted molar refractivity (Wildman–Crippen MR) is 117 cm³/mol. The first-order valence-corrected chi connectivity index (χ1v) is 12.0. The van der Waals surface area contributed by atoms with Crippen molar-refractivity contribution in [2.24, 2.45) is 46.3 Å². The highest BCUT2D eigenvalue weighted by Crippen LogP contribution is 2.68. The lowest BCUT2D eigenvalue weighted by Gasteiger charge is -2.60. The third kappa shape index (κ3) is 3.88. The Labute approximate surface area is 181 Å². The molecule has 0 saturated heterocycles. The van der Waals surface area contributed by atoms with Crippen molar-refractivity contribution in [3.63, 3.8) is 0 Å². The Hall–Kier alpha value is -0.510. The molecule has 8 unspecified atom stereocenters. The van der Waals surface area contributed by atoms with Crippen molar-refractivity contribution >= 4 is 0 Å². The van der Waals surface area contributed by atoms with Crippen LogP contribution in [0.4, 0.5) is 13.2 Å². The van der Waals surface area contributed by atoms with E-state index in [9.17, 15) is 18.3 Å². The summed E-state index contributed by atoms with van der Waals surface area (Å²) in [4.78, 5) is 0. The minimum atomic E-state index is -4.57. The fourth-order valence-electron chi connectivity index (χ4n) is 8.72. The van der Waals surface area contributed by atoms with Crippen LogP contribution in [0.3, 0.4) is 0 Å². The maximum absolute atomic E-state index is 12.7. The van der Waals surface area contributed by atoms with E-state index < -0.39 is 12.3 Å². The van der Waals surface area contributed by atoms with Gasteiger partial charge in [-0.15, -0.1) is 0 Å². The van der Waals surface area contributed by atoms with E-state index in [0.717, 1.165) is 36.2 Å². The normalized spacial score (nSPS) is 45.8. The zero-order valence-corrected chi connectivity index (χ0v) is 18.3. The highest BCUT2D eigenvalue weighted by atomic mass is 19.4. The second-order valence-corrected chi connectivity index (χ2v) is 11.4. The molecule has 4 saturated carbocycles. The molecule has 4 aliphatic rings. The Morgan fingerprint density at radius 1 is 0.867 bits per heavy atom. The molecular formula is C26H43F3O. The molecule has 4 heteroatoms. The van der Waals surface area contributed by atoms with Crippen LogP contribution >= 0.6 is 0 Å². The molecule has 0 aromatic rings. The van der Waals surface area contributed by atoms with Crippen molar-refractivity contribution in [3.05, 3.63) is 12.2 Å². The lowest BCUT2D eigenvalue weighted by atomic mass is 9.44. The van der Waals surface area contributed by atoms with Gasteiger partial charge in [-0.2, -0.15) is 13.2 Å². The minimum Gasteiger partial charge on any atom is -0.380 e. The molecule has 9 atom stereocenters. The van der Waals surface area contributed by atoms with Crippen LogP contribution in [0.15, 0.2) is 12.2 Å². The fourth-order valence-corrected chi connectivity index (χ4v) is 8.72. The van der Waals surface area contributed by atoms with E-state index in [1.54, 1.807) is 6.08 Å². The first-order valence-electron chi connectivity index (χ1n) is 12.0. The van der Waals surface area contributed by atoms with Crippen molar-refractivity contribution in [1.82, 2.24) is 0 Å². The number of fused-ring (bicyclic) bond motifs is 5. The van der Waals surface area contributed by atoms with Gasteiger partial charge in [-0.05, 0) is 97.7 Å². The van der Waals surface area contributed by atoms with Crippen molar-refractivity contribution < 1.29 is 18.3 Å². The smallest absolute Gasteiger partial charge is 0.380 e. The van der Waals surface area contributed by atoms with E-state index in [1.165, 1.54) is 57.8 Å². The van der Waals surface area contributed by atoms with Crippen LogP contribution in [0, 0.1) is 46.3 Å². The zero-order valence-electron chi connectivity index (χ0n) is 18.3. The van der Waals surface area contributed by atoms with Gasteiger partial charge < -0.3 is 5.11 Å². The Morgan fingerprint density at radius 3 is 2.27 bits per heavy atom.